The van der Waals surface area contributed by atoms with E-state index < -0.39 is 17.3 Å². The zero-order chi connectivity index (χ0) is 31.2. The molecule has 1 saturated carbocycles. The van der Waals surface area contributed by atoms with E-state index in [4.69, 9.17) is 0 Å². The molecule has 7 rings (SSSR count). The highest BCUT2D eigenvalue weighted by Crippen LogP contribution is 2.43. The van der Waals surface area contributed by atoms with E-state index in [2.05, 4.69) is 24.8 Å². The lowest BCUT2D eigenvalue weighted by atomic mass is 9.79. The summed E-state index contributed by atoms with van der Waals surface area (Å²) < 4.78 is 39.6. The molecule has 238 valence electrons. The zero-order valence-electron chi connectivity index (χ0n) is 25.2. The number of pyridine rings is 1. The lowest BCUT2D eigenvalue weighted by Crippen LogP contribution is -2.48. The van der Waals surface area contributed by atoms with Gasteiger partial charge in [-0.25, -0.2) is 9.97 Å². The fourth-order valence-corrected chi connectivity index (χ4v) is 8.16. The Morgan fingerprint density at radius 3 is 2.27 bits per heavy atom. The summed E-state index contributed by atoms with van der Waals surface area (Å²) in [4.78, 5) is 33.5. The smallest absolute Gasteiger partial charge is 0.384 e. The Hall–Kier alpha value is -3.57. The number of aromatic nitrogens is 3. The highest BCUT2D eigenvalue weighted by molar-refractivity contribution is 5.80. The number of hydrogen-bond donors (Lipinski definition) is 1. The molecule has 0 spiro atoms. The maximum absolute atomic E-state index is 13.7. The van der Waals surface area contributed by atoms with Crippen LogP contribution in [0.2, 0.25) is 0 Å². The fraction of sp³-hybridized carbons (Fsp3) is 0.529. The zero-order valence-corrected chi connectivity index (χ0v) is 25.2. The molecule has 11 heteroatoms. The van der Waals surface area contributed by atoms with E-state index in [1.54, 1.807) is 30.7 Å². The van der Waals surface area contributed by atoms with Crippen molar-refractivity contribution < 1.29 is 23.1 Å². The Labute approximate surface area is 261 Å². The second-order valence-corrected chi connectivity index (χ2v) is 13.1. The van der Waals surface area contributed by atoms with E-state index in [0.29, 0.717) is 68.1 Å². The topological polar surface area (TPSA) is 85.7 Å². The monoisotopic (exact) mass is 620 g/mol. The summed E-state index contributed by atoms with van der Waals surface area (Å²) in [6.07, 6.45) is 7.05. The number of rotatable bonds is 5. The van der Waals surface area contributed by atoms with Crippen molar-refractivity contribution in [3.05, 3.63) is 72.3 Å². The predicted octanol–water partition coefficient (Wildman–Crippen LogP) is 5.28. The number of carbonyl (C=O) groups excluding carboxylic acids is 1. The fourth-order valence-electron chi connectivity index (χ4n) is 8.16. The quantitative estimate of drug-likeness (QED) is 0.416. The molecule has 3 aromatic rings. The molecule has 0 bridgehead atoms. The van der Waals surface area contributed by atoms with E-state index in [0.717, 1.165) is 50.4 Å². The minimum atomic E-state index is -4.37. The number of anilines is 1. The molecular formula is C34H39F3N6O2. The molecule has 1 N–H and O–H groups in total. The number of likely N-dealkylation sites (tertiary alicyclic amines) is 2. The van der Waals surface area contributed by atoms with Gasteiger partial charge in [-0.15, -0.1) is 0 Å². The lowest BCUT2D eigenvalue weighted by molar-refractivity contribution is -0.138. The first kappa shape index (κ1) is 30.1. The molecule has 3 aliphatic heterocycles. The highest BCUT2D eigenvalue weighted by Gasteiger charge is 2.49. The number of benzene rings is 1. The number of amides is 1. The third-order valence-electron chi connectivity index (χ3n) is 10.6. The summed E-state index contributed by atoms with van der Waals surface area (Å²) in [5.41, 5.74) is 0.488. The first-order valence-electron chi connectivity index (χ1n) is 16.1. The number of fused-ring (bicyclic) bond motifs is 1. The first-order chi connectivity index (χ1) is 21.7. The van der Waals surface area contributed by atoms with Gasteiger partial charge in [-0.2, -0.15) is 13.2 Å². The van der Waals surface area contributed by atoms with Crippen LogP contribution in [-0.4, -0.2) is 80.1 Å². The van der Waals surface area contributed by atoms with E-state index in [1.807, 2.05) is 17.0 Å². The molecule has 2 atom stereocenters. The van der Waals surface area contributed by atoms with Crippen molar-refractivity contribution >= 4 is 11.6 Å². The summed E-state index contributed by atoms with van der Waals surface area (Å²) >= 11 is 0. The number of piperidine rings is 1. The molecule has 0 unspecified atom stereocenters. The number of halogens is 3. The Morgan fingerprint density at radius 1 is 0.844 bits per heavy atom. The molecule has 5 heterocycles. The molecule has 8 nitrogen and oxygen atoms in total. The molecule has 1 aliphatic carbocycles. The normalized spacial score (nSPS) is 28.0. The number of hydrogen-bond acceptors (Lipinski definition) is 7. The Bertz CT molecular complexity index is 1490. The van der Waals surface area contributed by atoms with Crippen LogP contribution in [0.1, 0.15) is 62.6 Å². The van der Waals surface area contributed by atoms with Crippen molar-refractivity contribution in [2.24, 2.45) is 5.92 Å². The van der Waals surface area contributed by atoms with Gasteiger partial charge < -0.3 is 14.9 Å². The molecule has 2 aromatic heterocycles. The van der Waals surface area contributed by atoms with Crippen LogP contribution in [0.5, 0.6) is 0 Å². The third-order valence-corrected chi connectivity index (χ3v) is 10.6. The van der Waals surface area contributed by atoms with Crippen LogP contribution in [0.4, 0.5) is 18.9 Å². The van der Waals surface area contributed by atoms with Crippen molar-refractivity contribution in [3.63, 3.8) is 0 Å². The molecule has 3 saturated heterocycles. The van der Waals surface area contributed by atoms with E-state index in [1.165, 1.54) is 12.1 Å². The Morgan fingerprint density at radius 2 is 1.58 bits per heavy atom. The molecule has 1 aromatic carbocycles. The van der Waals surface area contributed by atoms with Gasteiger partial charge in [0.25, 0.3) is 0 Å². The van der Waals surface area contributed by atoms with Gasteiger partial charge in [0, 0.05) is 80.1 Å². The molecule has 4 aliphatic rings. The van der Waals surface area contributed by atoms with Crippen LogP contribution in [0, 0.1) is 5.92 Å². The van der Waals surface area contributed by atoms with Crippen LogP contribution in [-0.2, 0) is 16.6 Å². The Kier molecular flexibility index (Phi) is 8.02. The molecular weight excluding hydrogens is 581 g/mol. The second-order valence-electron chi connectivity index (χ2n) is 13.1. The average molecular weight is 621 g/mol. The second kappa shape index (κ2) is 12.0. The van der Waals surface area contributed by atoms with Gasteiger partial charge in [-0.3, -0.25) is 14.7 Å². The lowest BCUT2D eigenvalue weighted by Gasteiger charge is -2.41. The van der Waals surface area contributed by atoms with Crippen molar-refractivity contribution in [1.29, 1.82) is 0 Å². The summed E-state index contributed by atoms with van der Waals surface area (Å²) in [7, 11) is 0. The molecule has 45 heavy (non-hydrogen) atoms. The first-order valence-corrected chi connectivity index (χ1v) is 16.1. The van der Waals surface area contributed by atoms with Gasteiger partial charge in [0.2, 0.25) is 5.91 Å². The van der Waals surface area contributed by atoms with Crippen LogP contribution in [0.3, 0.4) is 0 Å². The average Bonchev–Trinajstić information content (AvgIpc) is 3.68. The standard InChI is InChI=1S/C34H39F3N6O2/c35-34(36,37)25-3-1-4-27(21-25)41-17-9-23(10-18-41)32(44)43-20-12-28-29(43)11-19-42(28)26-7-13-33(45,14-8-26)30-6-5-24(22-40-30)31-38-15-2-16-39-31/h1-6,15-16,21-23,26,28-29,45H,7-14,17-20H2/t26?,28-,29-,33?/m0/s1. The highest BCUT2D eigenvalue weighted by atomic mass is 19.4. The van der Waals surface area contributed by atoms with Gasteiger partial charge >= 0.3 is 6.18 Å². The largest absolute Gasteiger partial charge is 0.416 e. The number of alkyl halides is 3. The molecule has 0 radical (unpaired) electrons. The van der Waals surface area contributed by atoms with Crippen molar-refractivity contribution in [2.45, 2.75) is 81.3 Å². The summed E-state index contributed by atoms with van der Waals surface area (Å²) in [6.45, 7) is 2.87. The molecule has 4 fully saturated rings. The van der Waals surface area contributed by atoms with E-state index in [9.17, 15) is 23.1 Å². The maximum Gasteiger partial charge on any atom is 0.416 e. The van der Waals surface area contributed by atoms with Gasteiger partial charge in [0.15, 0.2) is 5.82 Å². The minimum absolute atomic E-state index is 0.0862. The Balaban J connectivity index is 0.924. The van der Waals surface area contributed by atoms with Gasteiger partial charge in [0.05, 0.1) is 11.3 Å². The van der Waals surface area contributed by atoms with Crippen molar-refractivity contribution in [1.82, 2.24) is 24.8 Å². The minimum Gasteiger partial charge on any atom is -0.384 e. The van der Waals surface area contributed by atoms with Crippen LogP contribution in [0.25, 0.3) is 11.4 Å². The SMILES string of the molecule is O=C(C1CCN(c2cccc(C(F)(F)F)c2)CC1)N1CC[C@H]2[C@@H]1CCN2C1CCC(O)(c2ccc(-c3ncccn3)cn2)CC1. The summed E-state index contributed by atoms with van der Waals surface area (Å²) in [5.74, 6) is 0.735. The summed E-state index contributed by atoms with van der Waals surface area (Å²) in [5, 5.41) is 11.5. The van der Waals surface area contributed by atoms with Crippen LogP contribution < -0.4 is 4.90 Å². The predicted molar refractivity (Wildman–Crippen MR) is 163 cm³/mol. The third kappa shape index (κ3) is 5.92. The van der Waals surface area contributed by atoms with Crippen LogP contribution in [0.15, 0.2) is 61.1 Å². The van der Waals surface area contributed by atoms with E-state index >= 15 is 0 Å². The molecule has 1 amide bonds. The van der Waals surface area contributed by atoms with Gasteiger partial charge in [0.1, 0.15) is 5.60 Å². The number of carbonyl (C=O) groups is 1. The number of nitrogens with zero attached hydrogens (tertiary/aromatic N) is 6. The van der Waals surface area contributed by atoms with Gasteiger partial charge in [-0.1, -0.05) is 6.07 Å². The van der Waals surface area contributed by atoms with Gasteiger partial charge in [-0.05, 0) is 87.8 Å². The van der Waals surface area contributed by atoms with Crippen molar-refractivity contribution in [2.75, 3.05) is 31.1 Å². The maximum atomic E-state index is 13.7. The van der Waals surface area contributed by atoms with Crippen molar-refractivity contribution in [3.8, 4) is 11.4 Å². The number of aliphatic hydroxyl groups is 1. The summed E-state index contributed by atoms with van der Waals surface area (Å²) in [6, 6.07) is 12.0. The van der Waals surface area contributed by atoms with E-state index in [-0.39, 0.29) is 17.9 Å². The van der Waals surface area contributed by atoms with Crippen LogP contribution >= 0.6 is 0 Å².